The van der Waals surface area contributed by atoms with Crippen molar-refractivity contribution in [2.24, 2.45) is 10.9 Å². The topological polar surface area (TPSA) is 57.2 Å². The molecule has 172 valence electrons. The highest BCUT2D eigenvalue weighted by Gasteiger charge is 2.25. The lowest BCUT2D eigenvalue weighted by Gasteiger charge is -2.21. The molecule has 2 aromatic rings. The second-order valence-corrected chi connectivity index (χ2v) is 8.49. The van der Waals surface area contributed by atoms with E-state index in [2.05, 4.69) is 35.3 Å². The fraction of sp³-hybridized carbons (Fsp3) is 0.462. The van der Waals surface area contributed by atoms with E-state index in [0.29, 0.717) is 19.1 Å². The average Bonchev–Trinajstić information content (AvgIpc) is 3.27. The highest BCUT2D eigenvalue weighted by molar-refractivity contribution is 5.94. The van der Waals surface area contributed by atoms with Gasteiger partial charge in [0.2, 0.25) is 0 Å². The molecule has 6 nitrogen and oxygen atoms in total. The molecule has 0 radical (unpaired) electrons. The molecule has 0 aliphatic carbocycles. The van der Waals surface area contributed by atoms with Gasteiger partial charge < -0.3 is 19.9 Å². The fourth-order valence-electron chi connectivity index (χ4n) is 3.91. The number of guanidine groups is 1. The van der Waals surface area contributed by atoms with Crippen molar-refractivity contribution in [2.75, 3.05) is 46.9 Å². The zero-order valence-corrected chi connectivity index (χ0v) is 19.6. The van der Waals surface area contributed by atoms with Crippen molar-refractivity contribution in [3.63, 3.8) is 0 Å². The van der Waals surface area contributed by atoms with E-state index in [4.69, 9.17) is 9.73 Å². The number of nitrogens with one attached hydrogen (secondary N) is 1. The first-order chi connectivity index (χ1) is 15.6. The maximum atomic E-state index is 12.2. The van der Waals surface area contributed by atoms with Crippen LogP contribution in [0.25, 0.3) is 0 Å². The van der Waals surface area contributed by atoms with Gasteiger partial charge in [-0.3, -0.25) is 9.79 Å². The molecule has 1 fully saturated rings. The minimum atomic E-state index is 0.0290. The van der Waals surface area contributed by atoms with E-state index in [1.807, 2.05) is 36.4 Å². The molecule has 1 heterocycles. The molecule has 2 aromatic carbocycles. The Labute approximate surface area is 192 Å². The lowest BCUT2D eigenvalue weighted by molar-refractivity contribution is 0.0827. The summed E-state index contributed by atoms with van der Waals surface area (Å²) in [5.41, 5.74) is 3.07. The van der Waals surface area contributed by atoms with Crippen molar-refractivity contribution in [3.8, 4) is 0 Å². The first kappa shape index (κ1) is 23.8. The quantitative estimate of drug-likeness (QED) is 0.483. The second-order valence-electron chi connectivity index (χ2n) is 8.49. The molecule has 6 heteroatoms. The fourth-order valence-corrected chi connectivity index (χ4v) is 3.91. The number of hydrogen-bond donors (Lipinski definition) is 1. The minimum Gasteiger partial charge on any atom is -0.376 e. The zero-order chi connectivity index (χ0) is 22.8. The van der Waals surface area contributed by atoms with Crippen LogP contribution < -0.4 is 5.32 Å². The molecule has 1 aliphatic rings. The van der Waals surface area contributed by atoms with Crippen LogP contribution in [0.15, 0.2) is 59.6 Å². The van der Waals surface area contributed by atoms with E-state index in [1.165, 1.54) is 5.56 Å². The molecule has 1 unspecified atom stereocenters. The maximum absolute atomic E-state index is 12.2. The predicted octanol–water partition coefficient (Wildman–Crippen LogP) is 3.44. The van der Waals surface area contributed by atoms with Gasteiger partial charge in [0.25, 0.3) is 5.91 Å². The summed E-state index contributed by atoms with van der Waals surface area (Å²) in [7, 11) is 3.55. The monoisotopic (exact) mass is 436 g/mol. The van der Waals surface area contributed by atoms with Gasteiger partial charge in [-0.25, -0.2) is 0 Å². The maximum Gasteiger partial charge on any atom is 0.253 e. The molecule has 1 saturated heterocycles. The van der Waals surface area contributed by atoms with Crippen LogP contribution in [-0.2, 0) is 17.8 Å². The van der Waals surface area contributed by atoms with Crippen LogP contribution in [0.4, 0.5) is 0 Å². The Balaban J connectivity index is 1.49. The predicted molar refractivity (Wildman–Crippen MR) is 130 cm³/mol. The van der Waals surface area contributed by atoms with E-state index >= 15 is 0 Å². The second kappa shape index (κ2) is 12.2. The van der Waals surface area contributed by atoms with Gasteiger partial charge in [0.1, 0.15) is 0 Å². The molecular formula is C26H36N4O2. The van der Waals surface area contributed by atoms with Gasteiger partial charge in [0.05, 0.1) is 13.2 Å². The van der Waals surface area contributed by atoms with Gasteiger partial charge in [-0.15, -0.1) is 0 Å². The summed E-state index contributed by atoms with van der Waals surface area (Å²) in [6.45, 7) is 7.04. The molecule has 1 atom stereocenters. The average molecular weight is 437 g/mol. The molecule has 0 aromatic heterocycles. The Kier molecular flexibility index (Phi) is 9.11. The number of carbonyl (C=O) groups excluding carboxylic acids is 1. The van der Waals surface area contributed by atoms with Gasteiger partial charge in [0.15, 0.2) is 5.96 Å². The first-order valence-electron chi connectivity index (χ1n) is 11.5. The third-order valence-electron chi connectivity index (χ3n) is 5.63. The van der Waals surface area contributed by atoms with Crippen LogP contribution in [0.3, 0.4) is 0 Å². The van der Waals surface area contributed by atoms with Crippen LogP contribution in [0.5, 0.6) is 0 Å². The highest BCUT2D eigenvalue weighted by Crippen LogP contribution is 2.17. The lowest BCUT2D eigenvalue weighted by atomic mass is 10.1. The molecule has 1 N–H and O–H groups in total. The van der Waals surface area contributed by atoms with Crippen molar-refractivity contribution in [3.05, 3.63) is 71.3 Å². The Morgan fingerprint density at radius 3 is 2.69 bits per heavy atom. The number of aliphatic imine (C=N–C) groups is 1. The van der Waals surface area contributed by atoms with E-state index in [-0.39, 0.29) is 5.91 Å². The van der Waals surface area contributed by atoms with Gasteiger partial charge in [-0.05, 0) is 43.0 Å². The van der Waals surface area contributed by atoms with Gasteiger partial charge in [-0.2, -0.15) is 0 Å². The van der Waals surface area contributed by atoms with E-state index < -0.39 is 0 Å². The summed E-state index contributed by atoms with van der Waals surface area (Å²) in [5.74, 6) is 1.52. The Hall–Kier alpha value is -2.86. The van der Waals surface area contributed by atoms with Gasteiger partial charge in [0, 0.05) is 51.8 Å². The number of carbonyl (C=O) groups is 1. The van der Waals surface area contributed by atoms with Crippen molar-refractivity contribution in [1.82, 2.24) is 15.1 Å². The summed E-state index contributed by atoms with van der Waals surface area (Å²) < 4.78 is 5.96. The van der Waals surface area contributed by atoms with E-state index in [1.54, 1.807) is 19.0 Å². The molecule has 1 amide bonds. The largest absolute Gasteiger partial charge is 0.376 e. The molecule has 3 rings (SSSR count). The number of amides is 1. The summed E-state index contributed by atoms with van der Waals surface area (Å²) in [6, 6.07) is 18.2. The normalized spacial score (nSPS) is 16.3. The van der Waals surface area contributed by atoms with Crippen molar-refractivity contribution >= 4 is 11.9 Å². The number of hydrogen-bond acceptors (Lipinski definition) is 3. The van der Waals surface area contributed by atoms with Crippen molar-refractivity contribution in [2.45, 2.75) is 26.4 Å². The number of nitrogens with zero attached hydrogens (tertiary/aromatic N) is 3. The SMILES string of the molecule is CCNC(=NCCc1cccc(C(=O)N(C)C)c1)N1CCC(COCc2ccccc2)C1. The number of ether oxygens (including phenoxy) is 1. The third kappa shape index (κ3) is 7.09. The molecule has 32 heavy (non-hydrogen) atoms. The molecule has 0 spiro atoms. The Morgan fingerprint density at radius 1 is 1.16 bits per heavy atom. The summed E-state index contributed by atoms with van der Waals surface area (Å²) in [6.07, 6.45) is 1.93. The molecule has 0 bridgehead atoms. The van der Waals surface area contributed by atoms with E-state index in [0.717, 1.165) is 56.2 Å². The number of benzene rings is 2. The smallest absolute Gasteiger partial charge is 0.253 e. The molecular weight excluding hydrogens is 400 g/mol. The lowest BCUT2D eigenvalue weighted by Crippen LogP contribution is -2.40. The van der Waals surface area contributed by atoms with E-state index in [9.17, 15) is 4.79 Å². The third-order valence-corrected chi connectivity index (χ3v) is 5.63. The Morgan fingerprint density at radius 2 is 1.94 bits per heavy atom. The van der Waals surface area contributed by atoms with Gasteiger partial charge >= 0.3 is 0 Å². The standard InChI is InChI=1S/C26H36N4O2/c1-4-27-26(28-15-13-21-11-8-12-24(17-21)25(31)29(2)3)30-16-14-23(18-30)20-32-19-22-9-6-5-7-10-22/h5-12,17,23H,4,13-16,18-20H2,1-3H3,(H,27,28). The molecule has 1 aliphatic heterocycles. The van der Waals surface area contributed by atoms with Crippen molar-refractivity contribution in [1.29, 1.82) is 0 Å². The van der Waals surface area contributed by atoms with Crippen LogP contribution in [-0.4, -0.2) is 68.5 Å². The van der Waals surface area contributed by atoms with Crippen LogP contribution in [0.2, 0.25) is 0 Å². The molecule has 0 saturated carbocycles. The van der Waals surface area contributed by atoms with Crippen LogP contribution in [0.1, 0.15) is 34.8 Å². The van der Waals surface area contributed by atoms with Crippen LogP contribution >= 0.6 is 0 Å². The van der Waals surface area contributed by atoms with Crippen LogP contribution in [0, 0.1) is 5.92 Å². The van der Waals surface area contributed by atoms with Crippen molar-refractivity contribution < 1.29 is 9.53 Å². The van der Waals surface area contributed by atoms with Gasteiger partial charge in [-0.1, -0.05) is 42.5 Å². The first-order valence-corrected chi connectivity index (χ1v) is 11.5. The minimum absolute atomic E-state index is 0.0290. The Bertz CT molecular complexity index is 882. The number of rotatable bonds is 9. The summed E-state index contributed by atoms with van der Waals surface area (Å²) in [5, 5.41) is 3.43. The summed E-state index contributed by atoms with van der Waals surface area (Å²) >= 11 is 0. The number of likely N-dealkylation sites (tertiary alicyclic amines) is 1. The highest BCUT2D eigenvalue weighted by atomic mass is 16.5. The zero-order valence-electron chi connectivity index (χ0n) is 19.6. The summed E-state index contributed by atoms with van der Waals surface area (Å²) in [4.78, 5) is 21.0.